The van der Waals surface area contributed by atoms with E-state index in [2.05, 4.69) is 15.9 Å². The zero-order chi connectivity index (χ0) is 13.0. The number of Topliss-reactive ketones (excluding diaryl/α,β-unsaturated/α-hetero) is 1. The van der Waals surface area contributed by atoms with Crippen molar-refractivity contribution in [2.75, 3.05) is 0 Å². The molecule has 2 unspecified atom stereocenters. The van der Waals surface area contributed by atoms with E-state index in [9.17, 15) is 9.59 Å². The summed E-state index contributed by atoms with van der Waals surface area (Å²) >= 11 is 8.97. The van der Waals surface area contributed by atoms with Gasteiger partial charge in [-0.05, 0) is 24.1 Å². The Morgan fingerprint density at radius 3 is 2.29 bits per heavy atom. The summed E-state index contributed by atoms with van der Waals surface area (Å²) in [6.07, 6.45) is 0.282. The number of aliphatic carboxylic acids is 1. The van der Waals surface area contributed by atoms with Crippen molar-refractivity contribution in [1.82, 2.24) is 0 Å². The number of carbonyl (C=O) groups excluding carboxylic acids is 1. The average molecular weight is 320 g/mol. The van der Waals surface area contributed by atoms with Crippen molar-refractivity contribution in [2.45, 2.75) is 18.2 Å². The van der Waals surface area contributed by atoms with Gasteiger partial charge < -0.3 is 5.11 Å². The highest BCUT2D eigenvalue weighted by atomic mass is 79.9. The van der Waals surface area contributed by atoms with E-state index in [1.165, 1.54) is 0 Å². The molecule has 0 aliphatic carbocycles. The molecule has 0 bridgehead atoms. The predicted octanol–water partition coefficient (Wildman–Crippen LogP) is 3.46. The zero-order valence-electron chi connectivity index (χ0n) is 9.19. The molecule has 0 aromatic heterocycles. The first-order valence-corrected chi connectivity index (χ1v) is 6.42. The summed E-state index contributed by atoms with van der Waals surface area (Å²) in [4.78, 5) is 22.2. The summed E-state index contributed by atoms with van der Waals surface area (Å²) in [5.74, 6) is -2.41. The van der Waals surface area contributed by atoms with E-state index in [0.29, 0.717) is 10.6 Å². The second kappa shape index (κ2) is 6.17. The number of hydrogen-bond acceptors (Lipinski definition) is 2. The second-order valence-corrected chi connectivity index (χ2v) is 4.97. The summed E-state index contributed by atoms with van der Waals surface area (Å²) in [5, 5.41) is 9.50. The molecular weight excluding hydrogens is 307 g/mol. The van der Waals surface area contributed by atoms with Crippen LogP contribution < -0.4 is 0 Å². The molecule has 1 rings (SSSR count). The van der Waals surface area contributed by atoms with Crippen LogP contribution in [0.15, 0.2) is 24.3 Å². The lowest BCUT2D eigenvalue weighted by Crippen LogP contribution is -2.25. The van der Waals surface area contributed by atoms with Crippen molar-refractivity contribution in [3.63, 3.8) is 0 Å². The summed E-state index contributed by atoms with van der Waals surface area (Å²) < 4.78 is 0. The molecule has 2 atom stereocenters. The molecular formula is C12H12BrClO3. The van der Waals surface area contributed by atoms with Gasteiger partial charge in [-0.3, -0.25) is 9.59 Å². The van der Waals surface area contributed by atoms with Crippen LogP contribution in [0.25, 0.3) is 0 Å². The molecule has 0 fully saturated rings. The van der Waals surface area contributed by atoms with E-state index in [0.717, 1.165) is 0 Å². The van der Waals surface area contributed by atoms with Gasteiger partial charge in [-0.2, -0.15) is 0 Å². The van der Waals surface area contributed by atoms with E-state index in [1.54, 1.807) is 31.2 Å². The van der Waals surface area contributed by atoms with Crippen LogP contribution in [0.1, 0.15) is 23.7 Å². The van der Waals surface area contributed by atoms with Crippen molar-refractivity contribution in [2.24, 2.45) is 5.92 Å². The van der Waals surface area contributed by atoms with E-state index in [1.807, 2.05) is 0 Å². The topological polar surface area (TPSA) is 54.4 Å². The van der Waals surface area contributed by atoms with E-state index < -0.39 is 16.7 Å². The molecule has 1 aromatic carbocycles. The molecule has 92 valence electrons. The Bertz CT molecular complexity index is 416. The minimum Gasteiger partial charge on any atom is -0.481 e. The summed E-state index contributed by atoms with van der Waals surface area (Å²) in [6, 6.07) is 6.74. The number of benzene rings is 1. The second-order valence-electron chi connectivity index (χ2n) is 3.62. The fourth-order valence-electron chi connectivity index (χ4n) is 1.47. The van der Waals surface area contributed by atoms with Gasteiger partial charge >= 0.3 is 5.97 Å². The number of carboxylic acids is 1. The first kappa shape index (κ1) is 14.2. The smallest absolute Gasteiger partial charge is 0.314 e. The molecule has 5 heteroatoms. The van der Waals surface area contributed by atoms with Crippen LogP contribution in [-0.2, 0) is 9.59 Å². The van der Waals surface area contributed by atoms with Gasteiger partial charge in [0.05, 0.1) is 4.83 Å². The van der Waals surface area contributed by atoms with Crippen LogP contribution in [-0.4, -0.2) is 16.9 Å². The van der Waals surface area contributed by atoms with Crippen LogP contribution in [0.2, 0.25) is 5.02 Å². The Hall–Kier alpha value is -0.870. The Kier molecular flexibility index (Phi) is 5.15. The van der Waals surface area contributed by atoms with Gasteiger partial charge in [-0.25, -0.2) is 0 Å². The Morgan fingerprint density at radius 2 is 1.88 bits per heavy atom. The Morgan fingerprint density at radius 1 is 1.35 bits per heavy atom. The Labute approximate surface area is 113 Å². The van der Waals surface area contributed by atoms with Gasteiger partial charge in [0, 0.05) is 5.02 Å². The fraction of sp³-hybridized carbons (Fsp3) is 0.333. The summed E-state index contributed by atoms with van der Waals surface area (Å²) in [5.41, 5.74) is 0.708. The third kappa shape index (κ3) is 3.54. The van der Waals surface area contributed by atoms with Crippen LogP contribution in [0.3, 0.4) is 0 Å². The number of carbonyl (C=O) groups is 2. The lowest BCUT2D eigenvalue weighted by Gasteiger charge is -2.14. The molecule has 3 nitrogen and oxygen atoms in total. The van der Waals surface area contributed by atoms with Crippen LogP contribution >= 0.6 is 27.5 Å². The molecule has 1 aromatic rings. The van der Waals surface area contributed by atoms with Crippen molar-refractivity contribution < 1.29 is 14.7 Å². The van der Waals surface area contributed by atoms with Crippen molar-refractivity contribution in [3.8, 4) is 0 Å². The van der Waals surface area contributed by atoms with Gasteiger partial charge in [0.1, 0.15) is 5.92 Å². The number of hydrogen-bond donors (Lipinski definition) is 1. The maximum absolute atomic E-state index is 11.9. The third-order valence-electron chi connectivity index (χ3n) is 2.46. The van der Waals surface area contributed by atoms with Gasteiger partial charge in [0.25, 0.3) is 0 Å². The number of ketones is 1. The van der Waals surface area contributed by atoms with Crippen LogP contribution in [0.5, 0.6) is 0 Å². The van der Waals surface area contributed by atoms with Crippen molar-refractivity contribution in [3.05, 3.63) is 34.9 Å². The largest absolute Gasteiger partial charge is 0.481 e. The molecule has 0 spiro atoms. The normalized spacial score (nSPS) is 14.1. The van der Waals surface area contributed by atoms with Crippen LogP contribution in [0, 0.1) is 5.92 Å². The molecule has 0 radical (unpaired) electrons. The van der Waals surface area contributed by atoms with Crippen molar-refractivity contribution in [1.29, 1.82) is 0 Å². The fourth-order valence-corrected chi connectivity index (χ4v) is 2.22. The minimum absolute atomic E-state index is 0.282. The first-order chi connectivity index (χ1) is 7.97. The quantitative estimate of drug-likeness (QED) is 0.668. The molecule has 0 saturated carbocycles. The molecule has 0 amide bonds. The SMILES string of the molecule is CCC(C(=O)O)C(=O)C(Br)c1ccc(Cl)cc1. The number of halogens is 2. The van der Waals surface area contributed by atoms with E-state index in [4.69, 9.17) is 16.7 Å². The lowest BCUT2D eigenvalue weighted by atomic mass is 9.96. The molecule has 0 aliphatic rings. The van der Waals surface area contributed by atoms with Gasteiger partial charge in [-0.1, -0.05) is 46.6 Å². The third-order valence-corrected chi connectivity index (χ3v) is 3.69. The monoisotopic (exact) mass is 318 g/mol. The Balaban J connectivity index is 2.89. The van der Waals surface area contributed by atoms with E-state index in [-0.39, 0.29) is 12.2 Å². The summed E-state index contributed by atoms with van der Waals surface area (Å²) in [6.45, 7) is 1.68. The number of alkyl halides is 1. The standard InChI is InChI=1S/C12H12BrClO3/c1-2-9(12(16)17)11(15)10(13)7-3-5-8(14)6-4-7/h3-6,9-10H,2H2,1H3,(H,16,17). The predicted molar refractivity (Wildman–Crippen MR) is 69.5 cm³/mol. The lowest BCUT2D eigenvalue weighted by molar-refractivity contribution is -0.146. The number of carboxylic acid groups (broad SMARTS) is 1. The van der Waals surface area contributed by atoms with Crippen molar-refractivity contribution >= 4 is 39.3 Å². The minimum atomic E-state index is -1.09. The molecule has 0 aliphatic heterocycles. The van der Waals surface area contributed by atoms with Gasteiger partial charge in [0.2, 0.25) is 0 Å². The highest BCUT2D eigenvalue weighted by molar-refractivity contribution is 9.09. The average Bonchev–Trinajstić information content (AvgIpc) is 2.29. The number of rotatable bonds is 5. The maximum Gasteiger partial charge on any atom is 0.314 e. The molecule has 17 heavy (non-hydrogen) atoms. The zero-order valence-corrected chi connectivity index (χ0v) is 11.5. The molecule has 0 heterocycles. The molecule has 1 N–H and O–H groups in total. The highest BCUT2D eigenvalue weighted by Gasteiger charge is 2.30. The highest BCUT2D eigenvalue weighted by Crippen LogP contribution is 2.28. The van der Waals surface area contributed by atoms with Gasteiger partial charge in [-0.15, -0.1) is 0 Å². The van der Waals surface area contributed by atoms with E-state index >= 15 is 0 Å². The molecule has 0 saturated heterocycles. The summed E-state index contributed by atoms with van der Waals surface area (Å²) in [7, 11) is 0. The maximum atomic E-state index is 11.9. The van der Waals surface area contributed by atoms with Gasteiger partial charge in [0.15, 0.2) is 5.78 Å². The first-order valence-electron chi connectivity index (χ1n) is 5.13. The van der Waals surface area contributed by atoms with Crippen LogP contribution in [0.4, 0.5) is 0 Å².